The zero-order valence-corrected chi connectivity index (χ0v) is 9.81. The third-order valence-corrected chi connectivity index (χ3v) is 2.93. The maximum absolute atomic E-state index is 11.9. The van der Waals surface area contributed by atoms with Crippen molar-refractivity contribution in [1.82, 2.24) is 10.2 Å². The molecule has 1 saturated heterocycles. The third-order valence-electron chi connectivity index (χ3n) is 2.93. The summed E-state index contributed by atoms with van der Waals surface area (Å²) in [6.07, 6.45) is 0. The van der Waals surface area contributed by atoms with Gasteiger partial charge in [-0.2, -0.15) is 0 Å². The predicted molar refractivity (Wildman–Crippen MR) is 63.9 cm³/mol. The van der Waals surface area contributed by atoms with Crippen molar-refractivity contribution < 1.29 is 4.79 Å². The van der Waals surface area contributed by atoms with Gasteiger partial charge in [0.2, 0.25) is 5.91 Å². The standard InChI is InChI=1S/C13H18N2O/c1-10-8-15(13(16)11(2)14-10)9-12-6-4-3-5-7-12/h3-7,10-11,14H,8-9H2,1-2H3/t10-,11+/m0/s1. The molecule has 0 aromatic heterocycles. The van der Waals surface area contributed by atoms with E-state index in [0.717, 1.165) is 13.1 Å². The molecule has 1 aromatic rings. The lowest BCUT2D eigenvalue weighted by Gasteiger charge is -2.35. The van der Waals surface area contributed by atoms with Gasteiger partial charge in [0.15, 0.2) is 0 Å². The Morgan fingerprint density at radius 1 is 1.31 bits per heavy atom. The van der Waals surface area contributed by atoms with Gasteiger partial charge in [-0.3, -0.25) is 4.79 Å². The van der Waals surface area contributed by atoms with Gasteiger partial charge in [0.1, 0.15) is 0 Å². The van der Waals surface area contributed by atoms with Gasteiger partial charge >= 0.3 is 0 Å². The zero-order valence-electron chi connectivity index (χ0n) is 9.81. The zero-order chi connectivity index (χ0) is 11.5. The molecule has 1 aliphatic heterocycles. The van der Waals surface area contributed by atoms with E-state index in [0.29, 0.717) is 6.04 Å². The van der Waals surface area contributed by atoms with E-state index in [4.69, 9.17) is 0 Å². The maximum Gasteiger partial charge on any atom is 0.239 e. The molecule has 1 amide bonds. The Labute approximate surface area is 96.5 Å². The van der Waals surface area contributed by atoms with Crippen LogP contribution in [0, 0.1) is 0 Å². The smallest absolute Gasteiger partial charge is 0.239 e. The minimum Gasteiger partial charge on any atom is -0.335 e. The lowest BCUT2D eigenvalue weighted by molar-refractivity contribution is -0.136. The van der Waals surface area contributed by atoms with E-state index in [9.17, 15) is 4.79 Å². The monoisotopic (exact) mass is 218 g/mol. The molecule has 0 saturated carbocycles. The van der Waals surface area contributed by atoms with Crippen molar-refractivity contribution in [2.45, 2.75) is 32.5 Å². The van der Waals surface area contributed by atoms with Gasteiger partial charge < -0.3 is 10.2 Å². The molecular formula is C13H18N2O. The Morgan fingerprint density at radius 3 is 2.69 bits per heavy atom. The van der Waals surface area contributed by atoms with Crippen molar-refractivity contribution in [1.29, 1.82) is 0 Å². The second-order valence-corrected chi connectivity index (χ2v) is 4.49. The van der Waals surface area contributed by atoms with Gasteiger partial charge in [0.25, 0.3) is 0 Å². The SMILES string of the molecule is C[C@H]1CN(Cc2ccccc2)C(=O)[C@@H](C)N1. The van der Waals surface area contributed by atoms with Crippen LogP contribution in [-0.2, 0) is 11.3 Å². The van der Waals surface area contributed by atoms with E-state index in [-0.39, 0.29) is 11.9 Å². The van der Waals surface area contributed by atoms with Crippen molar-refractivity contribution >= 4 is 5.91 Å². The molecule has 1 N–H and O–H groups in total. The van der Waals surface area contributed by atoms with Crippen molar-refractivity contribution in [2.75, 3.05) is 6.54 Å². The van der Waals surface area contributed by atoms with Gasteiger partial charge in [-0.15, -0.1) is 0 Å². The molecule has 1 fully saturated rings. The van der Waals surface area contributed by atoms with Crippen LogP contribution in [0.25, 0.3) is 0 Å². The first-order chi connectivity index (χ1) is 7.66. The summed E-state index contributed by atoms with van der Waals surface area (Å²) in [5, 5.41) is 3.25. The van der Waals surface area contributed by atoms with E-state index in [1.807, 2.05) is 30.0 Å². The van der Waals surface area contributed by atoms with Gasteiger partial charge in [-0.1, -0.05) is 30.3 Å². The normalized spacial score (nSPS) is 25.9. The van der Waals surface area contributed by atoms with Crippen molar-refractivity contribution in [3.63, 3.8) is 0 Å². The lowest BCUT2D eigenvalue weighted by atomic mass is 10.1. The van der Waals surface area contributed by atoms with Crippen LogP contribution in [0.4, 0.5) is 0 Å². The second kappa shape index (κ2) is 4.66. The highest BCUT2D eigenvalue weighted by molar-refractivity contribution is 5.82. The van der Waals surface area contributed by atoms with Crippen LogP contribution in [0.3, 0.4) is 0 Å². The van der Waals surface area contributed by atoms with Crippen LogP contribution in [0.1, 0.15) is 19.4 Å². The van der Waals surface area contributed by atoms with Crippen molar-refractivity contribution in [3.8, 4) is 0 Å². The molecule has 0 spiro atoms. The molecule has 0 radical (unpaired) electrons. The van der Waals surface area contributed by atoms with Crippen LogP contribution in [0.5, 0.6) is 0 Å². The summed E-state index contributed by atoms with van der Waals surface area (Å²) in [4.78, 5) is 13.9. The van der Waals surface area contributed by atoms with Gasteiger partial charge in [-0.05, 0) is 19.4 Å². The molecule has 16 heavy (non-hydrogen) atoms. The first-order valence-corrected chi connectivity index (χ1v) is 5.75. The Bertz CT molecular complexity index is 363. The number of amides is 1. The largest absolute Gasteiger partial charge is 0.335 e. The molecule has 1 aliphatic rings. The first kappa shape index (κ1) is 11.1. The number of rotatable bonds is 2. The molecule has 3 heteroatoms. The number of hydrogen-bond acceptors (Lipinski definition) is 2. The quantitative estimate of drug-likeness (QED) is 0.813. The summed E-state index contributed by atoms with van der Waals surface area (Å²) >= 11 is 0. The Kier molecular flexibility index (Phi) is 3.25. The van der Waals surface area contributed by atoms with Crippen molar-refractivity contribution in [2.24, 2.45) is 0 Å². The van der Waals surface area contributed by atoms with E-state index in [1.165, 1.54) is 5.56 Å². The number of nitrogens with zero attached hydrogens (tertiary/aromatic N) is 1. The Morgan fingerprint density at radius 2 is 2.00 bits per heavy atom. The number of nitrogens with one attached hydrogen (secondary N) is 1. The number of benzene rings is 1. The van der Waals surface area contributed by atoms with Gasteiger partial charge in [-0.25, -0.2) is 0 Å². The van der Waals surface area contributed by atoms with E-state index in [1.54, 1.807) is 0 Å². The number of carbonyl (C=O) groups is 1. The van der Waals surface area contributed by atoms with E-state index >= 15 is 0 Å². The summed E-state index contributed by atoms with van der Waals surface area (Å²) in [6.45, 7) is 5.55. The van der Waals surface area contributed by atoms with Crippen LogP contribution < -0.4 is 5.32 Å². The fraction of sp³-hybridized carbons (Fsp3) is 0.462. The minimum atomic E-state index is -0.0625. The molecular weight excluding hydrogens is 200 g/mol. The molecule has 0 aliphatic carbocycles. The fourth-order valence-corrected chi connectivity index (χ4v) is 2.19. The average molecular weight is 218 g/mol. The Balaban J connectivity index is 2.06. The van der Waals surface area contributed by atoms with Crippen LogP contribution >= 0.6 is 0 Å². The predicted octanol–water partition coefficient (Wildman–Crippen LogP) is 1.40. The summed E-state index contributed by atoms with van der Waals surface area (Å²) in [5.74, 6) is 0.196. The molecule has 2 rings (SSSR count). The number of carbonyl (C=O) groups excluding carboxylic acids is 1. The first-order valence-electron chi connectivity index (χ1n) is 5.75. The molecule has 2 atom stereocenters. The van der Waals surface area contributed by atoms with E-state index < -0.39 is 0 Å². The Hall–Kier alpha value is -1.35. The highest BCUT2D eigenvalue weighted by Gasteiger charge is 2.28. The summed E-state index contributed by atoms with van der Waals surface area (Å²) in [6, 6.07) is 10.4. The van der Waals surface area contributed by atoms with Crippen molar-refractivity contribution in [3.05, 3.63) is 35.9 Å². The third kappa shape index (κ3) is 2.42. The minimum absolute atomic E-state index is 0.0625. The topological polar surface area (TPSA) is 32.3 Å². The van der Waals surface area contributed by atoms with Crippen LogP contribution in [0.2, 0.25) is 0 Å². The number of hydrogen-bond donors (Lipinski definition) is 1. The summed E-state index contributed by atoms with van der Waals surface area (Å²) in [5.41, 5.74) is 1.19. The average Bonchev–Trinajstić information content (AvgIpc) is 2.27. The summed E-state index contributed by atoms with van der Waals surface area (Å²) in [7, 11) is 0. The molecule has 1 aromatic carbocycles. The maximum atomic E-state index is 11.9. The molecule has 0 bridgehead atoms. The molecule has 86 valence electrons. The highest BCUT2D eigenvalue weighted by atomic mass is 16.2. The van der Waals surface area contributed by atoms with Crippen LogP contribution in [0.15, 0.2) is 30.3 Å². The molecule has 1 heterocycles. The highest BCUT2D eigenvalue weighted by Crippen LogP contribution is 2.11. The van der Waals surface area contributed by atoms with Gasteiger partial charge in [0.05, 0.1) is 6.04 Å². The van der Waals surface area contributed by atoms with Gasteiger partial charge in [0, 0.05) is 19.1 Å². The summed E-state index contributed by atoms with van der Waals surface area (Å²) < 4.78 is 0. The molecule has 0 unspecified atom stereocenters. The molecule has 3 nitrogen and oxygen atoms in total. The fourth-order valence-electron chi connectivity index (χ4n) is 2.19. The second-order valence-electron chi connectivity index (χ2n) is 4.49. The van der Waals surface area contributed by atoms with Crippen LogP contribution in [-0.4, -0.2) is 29.4 Å². The lowest BCUT2D eigenvalue weighted by Crippen LogP contribution is -2.57. The number of piperazine rings is 1. The van der Waals surface area contributed by atoms with E-state index in [2.05, 4.69) is 24.4 Å².